The maximum absolute atomic E-state index is 5.47. The minimum Gasteiger partial charge on any atom is -0.369 e. The Bertz CT molecular complexity index is 410. The summed E-state index contributed by atoms with van der Waals surface area (Å²) in [7, 11) is 0. The number of nitrogens with zero attached hydrogens (tertiary/aromatic N) is 2. The van der Waals surface area contributed by atoms with Crippen molar-refractivity contribution in [3.8, 4) is 11.3 Å². The molecule has 0 saturated carbocycles. The summed E-state index contributed by atoms with van der Waals surface area (Å²) < 4.78 is 5.02. The van der Waals surface area contributed by atoms with Crippen LogP contribution in [0.25, 0.3) is 11.3 Å². The number of nitrogens with one attached hydrogen (secondary N) is 1. The largest absolute Gasteiger partial charge is 0.369 e. The monoisotopic (exact) mass is 178 g/mol. The van der Waals surface area contributed by atoms with E-state index in [1.54, 1.807) is 6.20 Å². The molecule has 5 nitrogen and oxygen atoms in total. The van der Waals surface area contributed by atoms with E-state index in [0.717, 1.165) is 22.7 Å². The first-order valence-corrected chi connectivity index (χ1v) is 3.92. The van der Waals surface area contributed by atoms with Gasteiger partial charge in [0.15, 0.2) is 5.95 Å². The highest BCUT2D eigenvalue weighted by Gasteiger charge is 2.12. The molecule has 2 heterocycles. The lowest BCUT2D eigenvalue weighted by atomic mass is 10.1. The van der Waals surface area contributed by atoms with E-state index in [-0.39, 0.29) is 0 Å². The van der Waals surface area contributed by atoms with Gasteiger partial charge in [0.25, 0.3) is 0 Å². The average molecular weight is 178 g/mol. The van der Waals surface area contributed by atoms with Gasteiger partial charge in [-0.3, -0.25) is 0 Å². The smallest absolute Gasteiger partial charge is 0.197 e. The lowest BCUT2D eigenvalue weighted by Crippen LogP contribution is -1.86. The van der Waals surface area contributed by atoms with Gasteiger partial charge >= 0.3 is 0 Å². The molecule has 0 saturated heterocycles. The minimum absolute atomic E-state index is 0.398. The van der Waals surface area contributed by atoms with Crippen molar-refractivity contribution < 1.29 is 4.52 Å². The Labute approximate surface area is 75.0 Å². The predicted molar refractivity (Wildman–Crippen MR) is 48.0 cm³/mol. The van der Waals surface area contributed by atoms with Gasteiger partial charge in [-0.15, -0.1) is 0 Å². The molecule has 0 aliphatic heterocycles. The molecule has 5 heteroatoms. The summed E-state index contributed by atoms with van der Waals surface area (Å²) in [5, 5.41) is 3.84. The van der Waals surface area contributed by atoms with Gasteiger partial charge < -0.3 is 15.2 Å². The van der Waals surface area contributed by atoms with E-state index in [2.05, 4.69) is 15.1 Å². The van der Waals surface area contributed by atoms with E-state index < -0.39 is 0 Å². The van der Waals surface area contributed by atoms with Gasteiger partial charge in [0.1, 0.15) is 5.76 Å². The molecule has 0 unspecified atom stereocenters. The Morgan fingerprint density at radius 1 is 1.46 bits per heavy atom. The fourth-order valence-corrected chi connectivity index (χ4v) is 1.33. The Kier molecular flexibility index (Phi) is 1.58. The first kappa shape index (κ1) is 7.85. The molecule has 0 radical (unpaired) electrons. The van der Waals surface area contributed by atoms with Crippen LogP contribution in [0, 0.1) is 13.8 Å². The number of hydrogen-bond donors (Lipinski definition) is 2. The molecule has 0 aliphatic rings. The summed E-state index contributed by atoms with van der Waals surface area (Å²) in [6.45, 7) is 3.73. The molecule has 13 heavy (non-hydrogen) atoms. The lowest BCUT2D eigenvalue weighted by Gasteiger charge is -1.92. The number of nitrogens with two attached hydrogens (primary N) is 1. The third kappa shape index (κ3) is 1.18. The standard InChI is InChI=1S/C8H10N4O/c1-4-7(5(2)13-12-4)6-3-10-8(9)11-6/h3H,1-2H3,(H3,9,10,11). The van der Waals surface area contributed by atoms with Crippen LogP contribution in [0.3, 0.4) is 0 Å². The molecule has 0 aromatic carbocycles. The summed E-state index contributed by atoms with van der Waals surface area (Å²) >= 11 is 0. The predicted octanol–water partition coefficient (Wildman–Crippen LogP) is 1.26. The molecule has 0 spiro atoms. The number of nitrogen functional groups attached to an aromatic ring is 1. The molecule has 2 rings (SSSR count). The number of aryl methyl sites for hydroxylation is 2. The van der Waals surface area contributed by atoms with Crippen LogP contribution in [-0.2, 0) is 0 Å². The van der Waals surface area contributed by atoms with Gasteiger partial charge in [0.05, 0.1) is 23.1 Å². The Morgan fingerprint density at radius 3 is 2.69 bits per heavy atom. The number of hydrogen-bond acceptors (Lipinski definition) is 4. The number of aromatic amines is 1. The number of rotatable bonds is 1. The van der Waals surface area contributed by atoms with Crippen LogP contribution in [0.1, 0.15) is 11.5 Å². The molecular weight excluding hydrogens is 168 g/mol. The average Bonchev–Trinajstić information content (AvgIpc) is 2.60. The minimum atomic E-state index is 0.398. The van der Waals surface area contributed by atoms with Crippen molar-refractivity contribution >= 4 is 5.95 Å². The molecule has 2 aromatic rings. The third-order valence-corrected chi connectivity index (χ3v) is 1.90. The highest BCUT2D eigenvalue weighted by atomic mass is 16.5. The summed E-state index contributed by atoms with van der Waals surface area (Å²) in [6.07, 6.45) is 1.67. The molecule has 0 amide bonds. The van der Waals surface area contributed by atoms with Crippen LogP contribution >= 0.6 is 0 Å². The zero-order valence-corrected chi connectivity index (χ0v) is 7.46. The van der Waals surface area contributed by atoms with Crippen molar-refractivity contribution in [3.05, 3.63) is 17.7 Å². The zero-order valence-electron chi connectivity index (χ0n) is 7.46. The molecule has 3 N–H and O–H groups in total. The molecule has 2 aromatic heterocycles. The van der Waals surface area contributed by atoms with Gasteiger partial charge in [-0.2, -0.15) is 0 Å². The third-order valence-electron chi connectivity index (χ3n) is 1.90. The molecule has 0 atom stereocenters. The van der Waals surface area contributed by atoms with E-state index in [0.29, 0.717) is 5.95 Å². The maximum Gasteiger partial charge on any atom is 0.197 e. The summed E-state index contributed by atoms with van der Waals surface area (Å²) in [6, 6.07) is 0. The van der Waals surface area contributed by atoms with Crippen LogP contribution in [-0.4, -0.2) is 15.1 Å². The summed E-state index contributed by atoms with van der Waals surface area (Å²) in [5.41, 5.74) is 8.08. The van der Waals surface area contributed by atoms with E-state index in [1.165, 1.54) is 0 Å². The first-order chi connectivity index (χ1) is 6.18. The van der Waals surface area contributed by atoms with Crippen LogP contribution in [0.4, 0.5) is 5.95 Å². The quantitative estimate of drug-likeness (QED) is 0.688. The van der Waals surface area contributed by atoms with Gasteiger partial charge in [-0.05, 0) is 13.8 Å². The Balaban J connectivity index is 2.57. The van der Waals surface area contributed by atoms with E-state index in [9.17, 15) is 0 Å². The highest BCUT2D eigenvalue weighted by molar-refractivity contribution is 5.64. The van der Waals surface area contributed by atoms with Gasteiger partial charge in [-0.25, -0.2) is 4.98 Å². The lowest BCUT2D eigenvalue weighted by molar-refractivity contribution is 0.393. The molecular formula is C8H10N4O. The van der Waals surface area contributed by atoms with E-state index in [1.807, 2.05) is 13.8 Å². The fourth-order valence-electron chi connectivity index (χ4n) is 1.33. The van der Waals surface area contributed by atoms with E-state index in [4.69, 9.17) is 10.3 Å². The summed E-state index contributed by atoms with van der Waals surface area (Å²) in [5.74, 6) is 1.16. The molecule has 0 fully saturated rings. The highest BCUT2D eigenvalue weighted by Crippen LogP contribution is 2.24. The van der Waals surface area contributed by atoms with Gasteiger partial charge in [-0.1, -0.05) is 5.16 Å². The van der Waals surface area contributed by atoms with Crippen molar-refractivity contribution in [2.45, 2.75) is 13.8 Å². The van der Waals surface area contributed by atoms with Gasteiger partial charge in [0.2, 0.25) is 0 Å². The zero-order chi connectivity index (χ0) is 9.42. The Morgan fingerprint density at radius 2 is 2.23 bits per heavy atom. The molecule has 0 aliphatic carbocycles. The van der Waals surface area contributed by atoms with Crippen molar-refractivity contribution in [1.29, 1.82) is 0 Å². The van der Waals surface area contributed by atoms with Crippen molar-refractivity contribution in [1.82, 2.24) is 15.1 Å². The number of anilines is 1. The summed E-state index contributed by atoms with van der Waals surface area (Å²) in [4.78, 5) is 6.83. The normalized spacial score (nSPS) is 10.6. The van der Waals surface area contributed by atoms with Crippen LogP contribution in [0.5, 0.6) is 0 Å². The second kappa shape index (κ2) is 2.62. The SMILES string of the molecule is Cc1noc(C)c1-c1cnc(N)[nH]1. The maximum atomic E-state index is 5.47. The van der Waals surface area contributed by atoms with E-state index >= 15 is 0 Å². The number of imidazole rings is 1. The Hall–Kier alpha value is -1.78. The fraction of sp³-hybridized carbons (Fsp3) is 0.250. The van der Waals surface area contributed by atoms with Crippen molar-refractivity contribution in [3.63, 3.8) is 0 Å². The van der Waals surface area contributed by atoms with Crippen molar-refractivity contribution in [2.24, 2.45) is 0 Å². The van der Waals surface area contributed by atoms with Crippen LogP contribution in [0.15, 0.2) is 10.7 Å². The second-order valence-corrected chi connectivity index (χ2v) is 2.88. The topological polar surface area (TPSA) is 80.7 Å². The number of H-pyrrole nitrogens is 1. The molecule has 0 bridgehead atoms. The second-order valence-electron chi connectivity index (χ2n) is 2.88. The van der Waals surface area contributed by atoms with Crippen molar-refractivity contribution in [2.75, 3.05) is 5.73 Å². The van der Waals surface area contributed by atoms with Gasteiger partial charge in [0, 0.05) is 0 Å². The van der Waals surface area contributed by atoms with Crippen LogP contribution in [0.2, 0.25) is 0 Å². The molecule has 68 valence electrons. The number of aromatic nitrogens is 3. The van der Waals surface area contributed by atoms with Crippen LogP contribution < -0.4 is 5.73 Å². The first-order valence-electron chi connectivity index (χ1n) is 3.92.